The van der Waals surface area contributed by atoms with Crippen molar-refractivity contribution in [2.24, 2.45) is 0 Å². The number of hydrogen-bond donors (Lipinski definition) is 0. The lowest BCUT2D eigenvalue weighted by Gasteiger charge is -2.34. The van der Waals surface area contributed by atoms with Crippen molar-refractivity contribution in [2.75, 3.05) is 24.5 Å². The van der Waals surface area contributed by atoms with Crippen molar-refractivity contribution in [1.29, 1.82) is 0 Å². The van der Waals surface area contributed by atoms with Crippen LogP contribution in [0.3, 0.4) is 0 Å². The van der Waals surface area contributed by atoms with Crippen LogP contribution in [0.2, 0.25) is 10.0 Å². The van der Waals surface area contributed by atoms with Gasteiger partial charge in [-0.2, -0.15) is 0 Å². The molecule has 0 unspecified atom stereocenters. The van der Waals surface area contributed by atoms with Crippen LogP contribution in [0.4, 0.5) is 5.69 Å². The molecule has 2 atom stereocenters. The first kappa shape index (κ1) is 18.3. The first-order valence-electron chi connectivity index (χ1n) is 10.3. The predicted molar refractivity (Wildman–Crippen MR) is 115 cm³/mol. The zero-order valence-electron chi connectivity index (χ0n) is 15.8. The largest absolute Gasteiger partial charge is 0.372 e. The SMILES string of the molecule is O=C(c1cc(Cl)cc(Cl)c1)N1CC[C@@H]2C[C@H]1c1cc(N3CCCCC3)ccc12. The lowest BCUT2D eigenvalue weighted by molar-refractivity contribution is 0.0620. The summed E-state index contributed by atoms with van der Waals surface area (Å²) in [7, 11) is 0. The van der Waals surface area contributed by atoms with Crippen molar-refractivity contribution in [2.45, 2.75) is 44.1 Å². The molecule has 2 saturated heterocycles. The number of hydrogen-bond acceptors (Lipinski definition) is 2. The molecule has 2 aromatic carbocycles. The van der Waals surface area contributed by atoms with Crippen LogP contribution < -0.4 is 4.90 Å². The predicted octanol–water partition coefficient (Wildman–Crippen LogP) is 6.06. The number of amides is 1. The van der Waals surface area contributed by atoms with Crippen LogP contribution in [-0.2, 0) is 0 Å². The standard InChI is InChI=1S/C23H24Cl2N2O/c24-17-10-16(11-18(25)13-17)23(28)27-9-6-15-12-22(27)21-14-19(4-5-20(15)21)26-7-2-1-3-8-26/h4-5,10-11,13-15,22H,1-3,6-9,12H2/t15-,22+/m1/s1. The molecule has 2 heterocycles. The van der Waals surface area contributed by atoms with Crippen molar-refractivity contribution in [1.82, 2.24) is 4.90 Å². The molecule has 146 valence electrons. The van der Waals surface area contributed by atoms with Crippen molar-refractivity contribution < 1.29 is 4.79 Å². The number of carbonyl (C=O) groups is 1. The van der Waals surface area contributed by atoms with Gasteiger partial charge in [-0.05, 0) is 79.5 Å². The smallest absolute Gasteiger partial charge is 0.254 e. The van der Waals surface area contributed by atoms with Gasteiger partial charge in [0.1, 0.15) is 0 Å². The zero-order valence-corrected chi connectivity index (χ0v) is 17.3. The first-order valence-corrected chi connectivity index (χ1v) is 11.0. The third-order valence-electron chi connectivity index (χ3n) is 6.56. The molecular weight excluding hydrogens is 391 g/mol. The number of halogens is 2. The number of rotatable bonds is 2. The van der Waals surface area contributed by atoms with E-state index in [-0.39, 0.29) is 11.9 Å². The summed E-state index contributed by atoms with van der Waals surface area (Å²) in [6, 6.07) is 12.2. The number of piperidine rings is 2. The van der Waals surface area contributed by atoms with Gasteiger partial charge < -0.3 is 9.80 Å². The summed E-state index contributed by atoms with van der Waals surface area (Å²) in [6.45, 7) is 3.05. The number of likely N-dealkylation sites (tertiary alicyclic amines) is 1. The van der Waals surface area contributed by atoms with Gasteiger partial charge >= 0.3 is 0 Å². The third kappa shape index (κ3) is 3.19. The van der Waals surface area contributed by atoms with E-state index in [2.05, 4.69) is 23.1 Å². The van der Waals surface area contributed by atoms with Crippen molar-refractivity contribution in [3.05, 3.63) is 63.1 Å². The van der Waals surface area contributed by atoms with E-state index in [1.54, 1.807) is 18.2 Å². The minimum atomic E-state index is 0.0316. The summed E-state index contributed by atoms with van der Waals surface area (Å²) in [4.78, 5) is 17.8. The fourth-order valence-electron chi connectivity index (χ4n) is 5.20. The Hall–Kier alpha value is -1.71. The number of nitrogens with zero attached hydrogens (tertiary/aromatic N) is 2. The second kappa shape index (κ2) is 7.27. The van der Waals surface area contributed by atoms with Gasteiger partial charge in [0.15, 0.2) is 0 Å². The first-order chi connectivity index (χ1) is 13.6. The van der Waals surface area contributed by atoms with Crippen LogP contribution >= 0.6 is 23.2 Å². The Morgan fingerprint density at radius 3 is 2.39 bits per heavy atom. The summed E-state index contributed by atoms with van der Waals surface area (Å²) >= 11 is 12.3. The third-order valence-corrected chi connectivity index (χ3v) is 7.00. The summed E-state index contributed by atoms with van der Waals surface area (Å²) in [6.07, 6.45) is 5.91. The zero-order chi connectivity index (χ0) is 19.3. The van der Waals surface area contributed by atoms with Gasteiger partial charge in [0.2, 0.25) is 0 Å². The van der Waals surface area contributed by atoms with Crippen molar-refractivity contribution in [3.8, 4) is 0 Å². The van der Waals surface area contributed by atoms with Gasteiger partial charge in [-0.3, -0.25) is 4.79 Å². The molecule has 5 heteroatoms. The Balaban J connectivity index is 1.47. The second-order valence-electron chi connectivity index (χ2n) is 8.25. The van der Waals surface area contributed by atoms with Crippen LogP contribution in [0.1, 0.15) is 65.5 Å². The molecule has 1 amide bonds. The molecule has 2 bridgehead atoms. The van der Waals surface area contributed by atoms with Crippen LogP contribution in [0.15, 0.2) is 36.4 Å². The molecular formula is C23H24Cl2N2O. The van der Waals surface area contributed by atoms with Gasteiger partial charge in [0, 0.05) is 40.9 Å². The molecule has 0 radical (unpaired) electrons. The average Bonchev–Trinajstić information content (AvgIpc) is 2.99. The van der Waals surface area contributed by atoms with Gasteiger partial charge in [-0.1, -0.05) is 29.3 Å². The van der Waals surface area contributed by atoms with Gasteiger partial charge in [0.05, 0.1) is 6.04 Å². The fourth-order valence-corrected chi connectivity index (χ4v) is 5.73. The van der Waals surface area contributed by atoms with E-state index >= 15 is 0 Å². The average molecular weight is 415 g/mol. The van der Waals surface area contributed by atoms with E-state index < -0.39 is 0 Å². The molecule has 0 aromatic heterocycles. The number of fused-ring (bicyclic) bond motifs is 5. The van der Waals surface area contributed by atoms with E-state index in [0.29, 0.717) is 21.5 Å². The minimum Gasteiger partial charge on any atom is -0.372 e. The summed E-state index contributed by atoms with van der Waals surface area (Å²) < 4.78 is 0. The number of anilines is 1. The molecule has 0 saturated carbocycles. The molecule has 3 aliphatic rings. The molecule has 2 fully saturated rings. The molecule has 1 aliphatic carbocycles. The Labute approximate surface area is 176 Å². The lowest BCUT2D eigenvalue weighted by Crippen LogP contribution is -2.37. The van der Waals surface area contributed by atoms with Crippen LogP contribution in [-0.4, -0.2) is 30.4 Å². The molecule has 5 rings (SSSR count). The molecule has 28 heavy (non-hydrogen) atoms. The second-order valence-corrected chi connectivity index (χ2v) is 9.13. The van der Waals surface area contributed by atoms with Crippen molar-refractivity contribution in [3.63, 3.8) is 0 Å². The Morgan fingerprint density at radius 2 is 1.64 bits per heavy atom. The summed E-state index contributed by atoms with van der Waals surface area (Å²) in [5, 5.41) is 1.01. The number of carbonyl (C=O) groups excluding carboxylic acids is 1. The Morgan fingerprint density at radius 1 is 0.893 bits per heavy atom. The maximum absolute atomic E-state index is 13.3. The minimum absolute atomic E-state index is 0.0316. The van der Waals surface area contributed by atoms with Gasteiger partial charge in [-0.25, -0.2) is 0 Å². The summed E-state index contributed by atoms with van der Waals surface area (Å²) in [5.74, 6) is 0.603. The highest BCUT2D eigenvalue weighted by Crippen LogP contribution is 2.50. The van der Waals surface area contributed by atoms with Crippen LogP contribution in [0.25, 0.3) is 0 Å². The number of benzene rings is 2. The fraction of sp³-hybridized carbons (Fsp3) is 0.435. The molecule has 0 spiro atoms. The van der Waals surface area contributed by atoms with E-state index in [0.717, 1.165) is 32.5 Å². The Bertz CT molecular complexity index is 903. The van der Waals surface area contributed by atoms with Crippen molar-refractivity contribution >= 4 is 34.8 Å². The van der Waals surface area contributed by atoms with Gasteiger partial charge in [0.25, 0.3) is 5.91 Å². The topological polar surface area (TPSA) is 23.6 Å². The molecule has 2 aromatic rings. The highest BCUT2D eigenvalue weighted by Gasteiger charge is 2.41. The monoisotopic (exact) mass is 414 g/mol. The summed E-state index contributed by atoms with van der Waals surface area (Å²) in [5.41, 5.74) is 4.66. The van der Waals surface area contributed by atoms with Gasteiger partial charge in [-0.15, -0.1) is 0 Å². The van der Waals surface area contributed by atoms with Crippen LogP contribution in [0, 0.1) is 0 Å². The van der Waals surface area contributed by atoms with E-state index in [1.807, 2.05) is 4.90 Å². The highest BCUT2D eigenvalue weighted by molar-refractivity contribution is 6.35. The maximum Gasteiger partial charge on any atom is 0.254 e. The van der Waals surface area contributed by atoms with E-state index in [1.165, 1.54) is 36.1 Å². The molecule has 3 nitrogen and oxygen atoms in total. The van der Waals surface area contributed by atoms with E-state index in [4.69, 9.17) is 23.2 Å². The highest BCUT2D eigenvalue weighted by atomic mass is 35.5. The molecule has 2 aliphatic heterocycles. The Kier molecular flexibility index (Phi) is 4.76. The normalized spacial score (nSPS) is 23.6. The van der Waals surface area contributed by atoms with E-state index in [9.17, 15) is 4.79 Å². The quantitative estimate of drug-likeness (QED) is 0.596. The lowest BCUT2D eigenvalue weighted by atomic mass is 9.95. The maximum atomic E-state index is 13.3. The van der Waals surface area contributed by atoms with Crippen LogP contribution in [0.5, 0.6) is 0 Å². The molecule has 0 N–H and O–H groups in total.